The highest BCUT2D eigenvalue weighted by Gasteiger charge is 2.33. The summed E-state index contributed by atoms with van der Waals surface area (Å²) < 4.78 is 44.9. The fraction of sp³-hybridized carbons (Fsp3) is 0.440. The van der Waals surface area contributed by atoms with Gasteiger partial charge in [-0.15, -0.1) is 0 Å². The maximum atomic E-state index is 13.6. The predicted octanol–water partition coefficient (Wildman–Crippen LogP) is 3.32. The Morgan fingerprint density at radius 1 is 1.11 bits per heavy atom. The molecule has 0 aromatic heterocycles. The molecule has 0 spiro atoms. The van der Waals surface area contributed by atoms with Crippen LogP contribution >= 0.6 is 0 Å². The van der Waals surface area contributed by atoms with E-state index < -0.39 is 39.9 Å². The van der Waals surface area contributed by atoms with Crippen LogP contribution in [0.25, 0.3) is 0 Å². The number of benzene rings is 2. The van der Waals surface area contributed by atoms with E-state index in [4.69, 9.17) is 4.74 Å². The quantitative estimate of drug-likeness (QED) is 0.532. The number of carbonyl (C=O) groups excluding carboxylic acids is 2. The number of sulfonamides is 1. The third-order valence-corrected chi connectivity index (χ3v) is 6.31. The van der Waals surface area contributed by atoms with E-state index in [2.05, 4.69) is 5.32 Å². The maximum Gasteiger partial charge on any atom is 0.244 e. The molecule has 2 aromatic rings. The largest absolute Gasteiger partial charge is 0.497 e. The van der Waals surface area contributed by atoms with Gasteiger partial charge in [-0.05, 0) is 57.0 Å². The lowest BCUT2D eigenvalue weighted by molar-refractivity contribution is -0.141. The van der Waals surface area contributed by atoms with Gasteiger partial charge in [0, 0.05) is 18.2 Å². The molecule has 1 atom stereocenters. The number of nitrogens with one attached hydrogen (secondary N) is 1. The molecule has 2 aromatic carbocycles. The van der Waals surface area contributed by atoms with Gasteiger partial charge >= 0.3 is 0 Å². The molecule has 10 heteroatoms. The summed E-state index contributed by atoms with van der Waals surface area (Å²) >= 11 is 0. The number of methoxy groups -OCH3 is 1. The predicted molar refractivity (Wildman–Crippen MR) is 134 cm³/mol. The van der Waals surface area contributed by atoms with Crippen molar-refractivity contribution in [1.82, 2.24) is 10.2 Å². The summed E-state index contributed by atoms with van der Waals surface area (Å²) in [6.07, 6.45) is 1.31. The first-order chi connectivity index (χ1) is 16.2. The lowest BCUT2D eigenvalue weighted by atomic mass is 10.1. The monoisotopic (exact) mass is 507 g/mol. The molecule has 0 fully saturated rings. The van der Waals surface area contributed by atoms with Crippen molar-refractivity contribution >= 4 is 27.5 Å². The Morgan fingerprint density at radius 3 is 2.26 bits per heavy atom. The number of ether oxygens (including phenoxy) is 1. The topological polar surface area (TPSA) is 96.0 Å². The molecule has 0 saturated heterocycles. The summed E-state index contributed by atoms with van der Waals surface area (Å²) in [4.78, 5) is 28.0. The standard InChI is InChI=1S/C25H34FN3O5S/c1-7-22(24(31)27-25(2,3)4)28(16-18-11-13-19(26)14-12-18)23(30)17-29(35(6,32)33)20-9-8-10-21(15-20)34-5/h8-15,22H,7,16-17H2,1-6H3,(H,27,31). The van der Waals surface area contributed by atoms with Crippen molar-refractivity contribution in [3.63, 3.8) is 0 Å². The molecular weight excluding hydrogens is 473 g/mol. The fourth-order valence-corrected chi connectivity index (χ4v) is 4.38. The SMILES string of the molecule is CCC(C(=O)NC(C)(C)C)N(Cc1ccc(F)cc1)C(=O)CN(c1cccc(OC)c1)S(C)(=O)=O. The van der Waals surface area contributed by atoms with E-state index in [0.29, 0.717) is 17.7 Å². The Balaban J connectivity index is 2.46. The summed E-state index contributed by atoms with van der Waals surface area (Å²) in [5.41, 5.74) is 0.331. The molecule has 0 aliphatic heterocycles. The molecule has 2 rings (SSSR count). The Labute approximate surface area is 207 Å². The van der Waals surface area contributed by atoms with Gasteiger partial charge in [-0.2, -0.15) is 0 Å². The summed E-state index contributed by atoms with van der Waals surface area (Å²) in [5, 5.41) is 2.89. The molecule has 8 nitrogen and oxygen atoms in total. The molecule has 1 unspecified atom stereocenters. The highest BCUT2D eigenvalue weighted by atomic mass is 32.2. The lowest BCUT2D eigenvalue weighted by Crippen LogP contribution is -2.55. The molecule has 35 heavy (non-hydrogen) atoms. The summed E-state index contributed by atoms with van der Waals surface area (Å²) in [7, 11) is -2.39. The highest BCUT2D eigenvalue weighted by molar-refractivity contribution is 7.92. The third-order valence-electron chi connectivity index (χ3n) is 5.17. The molecule has 0 aliphatic rings. The number of hydrogen-bond acceptors (Lipinski definition) is 5. The first kappa shape index (κ1) is 28.1. The molecular formula is C25H34FN3O5S. The molecule has 192 valence electrons. The van der Waals surface area contributed by atoms with Gasteiger partial charge in [-0.25, -0.2) is 12.8 Å². The van der Waals surface area contributed by atoms with Crippen LogP contribution in [0.15, 0.2) is 48.5 Å². The summed E-state index contributed by atoms with van der Waals surface area (Å²) in [6.45, 7) is 6.75. The van der Waals surface area contributed by atoms with Gasteiger partial charge in [0.1, 0.15) is 24.2 Å². The Bertz CT molecular complexity index is 1130. The normalized spacial score (nSPS) is 12.5. The van der Waals surface area contributed by atoms with Crippen molar-refractivity contribution in [2.24, 2.45) is 0 Å². The van der Waals surface area contributed by atoms with E-state index in [9.17, 15) is 22.4 Å². The van der Waals surface area contributed by atoms with Crippen LogP contribution in [0, 0.1) is 5.82 Å². The second-order valence-corrected chi connectivity index (χ2v) is 11.2. The van der Waals surface area contributed by atoms with E-state index in [-0.39, 0.29) is 18.1 Å². The molecule has 0 radical (unpaired) electrons. The minimum absolute atomic E-state index is 0.00486. The van der Waals surface area contributed by atoms with Gasteiger partial charge in [0.15, 0.2) is 0 Å². The third kappa shape index (κ3) is 8.24. The van der Waals surface area contributed by atoms with Crippen molar-refractivity contribution in [3.05, 3.63) is 59.9 Å². The van der Waals surface area contributed by atoms with Crippen molar-refractivity contribution in [1.29, 1.82) is 0 Å². The molecule has 2 amide bonds. The molecule has 0 heterocycles. The van der Waals surface area contributed by atoms with E-state index in [1.54, 1.807) is 25.1 Å². The second-order valence-electron chi connectivity index (χ2n) is 9.28. The average molecular weight is 508 g/mol. The van der Waals surface area contributed by atoms with Gasteiger partial charge in [0.2, 0.25) is 21.8 Å². The van der Waals surface area contributed by atoms with E-state index in [1.165, 1.54) is 42.3 Å². The molecule has 1 N–H and O–H groups in total. The Hall–Kier alpha value is -3.14. The lowest BCUT2D eigenvalue weighted by Gasteiger charge is -2.34. The summed E-state index contributed by atoms with van der Waals surface area (Å²) in [6, 6.07) is 11.1. The van der Waals surface area contributed by atoms with E-state index in [0.717, 1.165) is 10.6 Å². The van der Waals surface area contributed by atoms with Crippen LogP contribution in [-0.4, -0.2) is 56.6 Å². The molecule has 0 saturated carbocycles. The zero-order chi connectivity index (χ0) is 26.4. The number of amides is 2. The van der Waals surface area contributed by atoms with Gasteiger partial charge in [0.05, 0.1) is 19.1 Å². The fourth-order valence-electron chi connectivity index (χ4n) is 3.54. The van der Waals surface area contributed by atoms with E-state index in [1.807, 2.05) is 20.8 Å². The van der Waals surface area contributed by atoms with Crippen molar-refractivity contribution in [2.45, 2.75) is 52.2 Å². The zero-order valence-electron chi connectivity index (χ0n) is 21.0. The molecule has 0 aliphatic carbocycles. The Morgan fingerprint density at radius 2 is 1.74 bits per heavy atom. The van der Waals surface area contributed by atoms with Crippen LogP contribution in [0.1, 0.15) is 39.7 Å². The van der Waals surface area contributed by atoms with Crippen molar-refractivity contribution in [3.8, 4) is 5.75 Å². The number of halogens is 1. The summed E-state index contributed by atoms with van der Waals surface area (Å²) in [5.74, 6) is -0.922. The van der Waals surface area contributed by atoms with Gasteiger partial charge in [0.25, 0.3) is 0 Å². The van der Waals surface area contributed by atoms with Crippen LogP contribution in [0.3, 0.4) is 0 Å². The average Bonchev–Trinajstić information content (AvgIpc) is 2.76. The minimum atomic E-state index is -3.85. The van der Waals surface area contributed by atoms with Crippen LogP contribution < -0.4 is 14.4 Å². The molecule has 0 bridgehead atoms. The second kappa shape index (κ2) is 11.5. The smallest absolute Gasteiger partial charge is 0.244 e. The highest BCUT2D eigenvalue weighted by Crippen LogP contribution is 2.24. The minimum Gasteiger partial charge on any atom is -0.497 e. The Kier molecular flexibility index (Phi) is 9.25. The van der Waals surface area contributed by atoms with Crippen LogP contribution in [0.2, 0.25) is 0 Å². The zero-order valence-corrected chi connectivity index (χ0v) is 21.9. The van der Waals surface area contributed by atoms with Crippen LogP contribution in [-0.2, 0) is 26.2 Å². The van der Waals surface area contributed by atoms with Gasteiger partial charge < -0.3 is 15.0 Å². The number of carbonyl (C=O) groups is 2. The van der Waals surface area contributed by atoms with Crippen molar-refractivity contribution in [2.75, 3.05) is 24.2 Å². The van der Waals surface area contributed by atoms with Gasteiger partial charge in [-0.3, -0.25) is 13.9 Å². The number of nitrogens with zero attached hydrogens (tertiary/aromatic N) is 2. The van der Waals surface area contributed by atoms with E-state index >= 15 is 0 Å². The first-order valence-electron chi connectivity index (χ1n) is 11.2. The van der Waals surface area contributed by atoms with Crippen LogP contribution in [0.5, 0.6) is 5.75 Å². The maximum absolute atomic E-state index is 13.6. The number of anilines is 1. The van der Waals surface area contributed by atoms with Gasteiger partial charge in [-0.1, -0.05) is 25.1 Å². The number of hydrogen-bond donors (Lipinski definition) is 1. The van der Waals surface area contributed by atoms with Crippen molar-refractivity contribution < 1.29 is 27.1 Å². The van der Waals surface area contributed by atoms with Crippen LogP contribution in [0.4, 0.5) is 10.1 Å². The first-order valence-corrected chi connectivity index (χ1v) is 13.1. The number of rotatable bonds is 10.